The van der Waals surface area contributed by atoms with Crippen LogP contribution < -0.4 is 21.7 Å². The molecule has 48 heavy (non-hydrogen) atoms. The van der Waals surface area contributed by atoms with Crippen LogP contribution in [-0.2, 0) is 33.5 Å². The maximum atomic E-state index is 14.4. The fraction of sp³-hybridized carbons (Fsp3) is 0.794. The Morgan fingerprint density at radius 1 is 0.917 bits per heavy atom. The van der Waals surface area contributed by atoms with E-state index in [4.69, 9.17) is 10.5 Å². The molecule has 1 aliphatic carbocycles. The smallest absolute Gasteiger partial charge is 0.315 e. The Bertz CT molecular complexity index is 1240. The first kappa shape index (κ1) is 38.9. The molecule has 0 aromatic carbocycles. The Labute approximate surface area is 284 Å². The van der Waals surface area contributed by atoms with Crippen LogP contribution in [-0.4, -0.2) is 102 Å². The van der Waals surface area contributed by atoms with Crippen LogP contribution in [0, 0.1) is 28.6 Å². The predicted molar refractivity (Wildman–Crippen MR) is 177 cm³/mol. The molecule has 2 saturated heterocycles. The van der Waals surface area contributed by atoms with Gasteiger partial charge in [-0.25, -0.2) is 4.79 Å². The lowest BCUT2D eigenvalue weighted by molar-refractivity contribution is -0.159. The van der Waals surface area contributed by atoms with Gasteiger partial charge in [0.05, 0.1) is 12.1 Å². The number of ketones is 1. The number of likely N-dealkylation sites (tertiary alicyclic amines) is 1. The van der Waals surface area contributed by atoms with Gasteiger partial charge in [0.15, 0.2) is 0 Å². The molecule has 2 aliphatic heterocycles. The van der Waals surface area contributed by atoms with Crippen LogP contribution in [0.5, 0.6) is 0 Å². The Morgan fingerprint density at radius 3 is 2.02 bits per heavy atom. The standard InChI is InChI=1S/C34H56N6O8/c1-9-10-19(2)21-13-14-39(26(21)30(45)36-22(15-20-11-12-20)27(43)29(35)44)31(46)28(34(6,7)8)38-32(47)37-23(33(3,4)5)16-40-24(41)17-48-18-25(40)42/h19-23,26,28H,9-18H2,1-8H3,(H2,35,44)(H,36,45)(H2,37,38,47)/t19?,21-,22?,23-,26+,28-/m1/s1. The first-order valence-corrected chi connectivity index (χ1v) is 17.2. The average molecular weight is 677 g/mol. The highest BCUT2D eigenvalue weighted by molar-refractivity contribution is 6.37. The van der Waals surface area contributed by atoms with E-state index in [1.54, 1.807) is 0 Å². The molecule has 14 heteroatoms. The van der Waals surface area contributed by atoms with E-state index in [2.05, 4.69) is 22.9 Å². The second kappa shape index (κ2) is 15.8. The maximum absolute atomic E-state index is 14.4. The van der Waals surface area contributed by atoms with Gasteiger partial charge in [-0.3, -0.25) is 33.7 Å². The summed E-state index contributed by atoms with van der Waals surface area (Å²) < 4.78 is 5.01. The minimum atomic E-state index is -1.12. The molecular formula is C34H56N6O8. The van der Waals surface area contributed by atoms with Crippen molar-refractivity contribution in [2.75, 3.05) is 26.3 Å². The van der Waals surface area contributed by atoms with Crippen molar-refractivity contribution in [3.63, 3.8) is 0 Å². The summed E-state index contributed by atoms with van der Waals surface area (Å²) in [6, 6.07) is -4.37. The first-order valence-electron chi connectivity index (χ1n) is 17.2. The highest BCUT2D eigenvalue weighted by atomic mass is 16.5. The van der Waals surface area contributed by atoms with E-state index < -0.39 is 76.3 Å². The lowest BCUT2D eigenvalue weighted by Gasteiger charge is -2.39. The third-order valence-corrected chi connectivity index (χ3v) is 9.77. The number of nitrogens with zero attached hydrogens (tertiary/aromatic N) is 2. The van der Waals surface area contributed by atoms with Gasteiger partial charge in [-0.05, 0) is 41.4 Å². The van der Waals surface area contributed by atoms with Gasteiger partial charge in [0.25, 0.3) is 17.7 Å². The molecule has 0 bridgehead atoms. The van der Waals surface area contributed by atoms with Crippen LogP contribution in [0.25, 0.3) is 0 Å². The number of imide groups is 1. The molecule has 14 nitrogen and oxygen atoms in total. The van der Waals surface area contributed by atoms with E-state index in [9.17, 15) is 33.6 Å². The first-order chi connectivity index (χ1) is 22.3. The van der Waals surface area contributed by atoms with Crippen LogP contribution in [0.3, 0.4) is 0 Å². The summed E-state index contributed by atoms with van der Waals surface area (Å²) in [5, 5.41) is 8.49. The van der Waals surface area contributed by atoms with Crippen molar-refractivity contribution in [1.82, 2.24) is 25.8 Å². The molecule has 270 valence electrons. The number of morpholine rings is 1. The van der Waals surface area contributed by atoms with Gasteiger partial charge in [-0.2, -0.15) is 0 Å². The summed E-state index contributed by atoms with van der Waals surface area (Å²) in [6.45, 7) is 14.9. The van der Waals surface area contributed by atoms with Crippen molar-refractivity contribution in [1.29, 1.82) is 0 Å². The molecule has 7 amide bonds. The number of carbonyl (C=O) groups is 7. The lowest BCUT2D eigenvalue weighted by atomic mass is 9.83. The Balaban J connectivity index is 1.86. The molecule has 0 spiro atoms. The highest BCUT2D eigenvalue weighted by Gasteiger charge is 2.48. The molecule has 0 aromatic rings. The average Bonchev–Trinajstić information content (AvgIpc) is 3.68. The number of carbonyl (C=O) groups excluding carboxylic acids is 7. The number of nitrogens with two attached hydrogens (primary N) is 1. The minimum Gasteiger partial charge on any atom is -0.363 e. The van der Waals surface area contributed by atoms with Crippen LogP contribution in [0.4, 0.5) is 4.79 Å². The summed E-state index contributed by atoms with van der Waals surface area (Å²) in [5.41, 5.74) is 3.96. The SMILES string of the molecule is CCCC(C)[C@H]1CCN(C(=O)[C@@H](NC(=O)N[C@H](CN2C(=O)COCC2=O)C(C)(C)C)C(C)(C)C)[C@@H]1C(=O)NC(CC1CC1)C(=O)C(N)=O. The number of nitrogens with one attached hydrogen (secondary N) is 3. The molecule has 3 fully saturated rings. The molecule has 3 aliphatic rings. The Hall–Kier alpha value is -3.55. The van der Waals surface area contributed by atoms with Crippen molar-refractivity contribution < 1.29 is 38.3 Å². The predicted octanol–water partition coefficient (Wildman–Crippen LogP) is 1.49. The summed E-state index contributed by atoms with van der Waals surface area (Å²) in [7, 11) is 0. The van der Waals surface area contributed by atoms with E-state index in [-0.39, 0.29) is 44.1 Å². The molecule has 0 aromatic heterocycles. The van der Waals surface area contributed by atoms with Gasteiger partial charge in [0.1, 0.15) is 25.3 Å². The molecule has 1 saturated carbocycles. The second-order valence-corrected chi connectivity index (χ2v) is 15.9. The van der Waals surface area contributed by atoms with E-state index in [0.29, 0.717) is 12.8 Å². The quantitative estimate of drug-likeness (QED) is 0.157. The fourth-order valence-corrected chi connectivity index (χ4v) is 6.60. The van der Waals surface area contributed by atoms with Crippen LogP contribution >= 0.6 is 0 Å². The molecule has 0 radical (unpaired) electrons. The van der Waals surface area contributed by atoms with Gasteiger partial charge in [0.2, 0.25) is 17.6 Å². The number of amides is 7. The molecule has 2 heterocycles. The van der Waals surface area contributed by atoms with E-state index in [1.165, 1.54) is 4.90 Å². The van der Waals surface area contributed by atoms with Crippen LogP contribution in [0.2, 0.25) is 0 Å². The van der Waals surface area contributed by atoms with Crippen LogP contribution in [0.15, 0.2) is 0 Å². The number of ether oxygens (including phenoxy) is 1. The van der Waals surface area contributed by atoms with E-state index in [0.717, 1.165) is 30.6 Å². The normalized spacial score (nSPS) is 22.8. The number of urea groups is 1. The fourth-order valence-electron chi connectivity index (χ4n) is 6.60. The zero-order chi connectivity index (χ0) is 36.1. The Kier molecular flexibility index (Phi) is 12.8. The summed E-state index contributed by atoms with van der Waals surface area (Å²) >= 11 is 0. The van der Waals surface area contributed by atoms with Crippen molar-refractivity contribution >= 4 is 41.4 Å². The number of rotatable bonds is 14. The zero-order valence-corrected chi connectivity index (χ0v) is 29.9. The van der Waals surface area contributed by atoms with E-state index >= 15 is 0 Å². The Morgan fingerprint density at radius 2 is 1.52 bits per heavy atom. The third kappa shape index (κ3) is 9.99. The molecule has 5 N–H and O–H groups in total. The van der Waals surface area contributed by atoms with E-state index in [1.807, 2.05) is 48.5 Å². The number of Topliss-reactive ketones (excluding diaryl/α,β-unsaturated/α-hetero) is 1. The molecule has 3 rings (SSSR count). The van der Waals surface area contributed by atoms with Gasteiger partial charge in [0, 0.05) is 13.1 Å². The molecular weight excluding hydrogens is 620 g/mol. The summed E-state index contributed by atoms with van der Waals surface area (Å²) in [4.78, 5) is 94.0. The highest BCUT2D eigenvalue weighted by Crippen LogP contribution is 2.37. The van der Waals surface area contributed by atoms with Gasteiger partial charge in [-0.15, -0.1) is 0 Å². The third-order valence-electron chi connectivity index (χ3n) is 9.77. The van der Waals surface area contributed by atoms with Crippen molar-refractivity contribution in [2.45, 2.75) is 118 Å². The van der Waals surface area contributed by atoms with Crippen molar-refractivity contribution in [2.24, 2.45) is 34.3 Å². The second-order valence-electron chi connectivity index (χ2n) is 15.9. The number of hydrogen-bond donors (Lipinski definition) is 4. The number of primary amides is 1. The lowest BCUT2D eigenvalue weighted by Crippen LogP contribution is -2.63. The summed E-state index contributed by atoms with van der Waals surface area (Å²) in [6.07, 6.45) is 4.38. The maximum Gasteiger partial charge on any atom is 0.315 e. The largest absolute Gasteiger partial charge is 0.363 e. The summed E-state index contributed by atoms with van der Waals surface area (Å²) in [5.74, 6) is -3.82. The minimum absolute atomic E-state index is 0.0660. The van der Waals surface area contributed by atoms with Gasteiger partial charge < -0.3 is 31.3 Å². The van der Waals surface area contributed by atoms with Gasteiger partial charge in [-0.1, -0.05) is 81.1 Å². The monoisotopic (exact) mass is 676 g/mol. The molecule has 6 atom stereocenters. The van der Waals surface area contributed by atoms with Crippen LogP contribution in [0.1, 0.15) is 93.9 Å². The van der Waals surface area contributed by atoms with Crippen molar-refractivity contribution in [3.8, 4) is 0 Å². The topological polar surface area (TPSA) is 197 Å². The number of hydrogen-bond acceptors (Lipinski definition) is 8. The van der Waals surface area contributed by atoms with Crippen molar-refractivity contribution in [3.05, 3.63) is 0 Å². The van der Waals surface area contributed by atoms with Gasteiger partial charge >= 0.3 is 6.03 Å². The molecule has 2 unspecified atom stereocenters. The zero-order valence-electron chi connectivity index (χ0n) is 29.9.